The van der Waals surface area contributed by atoms with Crippen molar-refractivity contribution in [1.82, 2.24) is 34.5 Å². The molecule has 6 aliphatic rings. The van der Waals surface area contributed by atoms with Crippen LogP contribution in [-0.2, 0) is 23.7 Å². The highest BCUT2D eigenvalue weighted by atomic mass is 35.5. The van der Waals surface area contributed by atoms with Gasteiger partial charge in [0, 0.05) is 75.4 Å². The number of pyridine rings is 1. The molecule has 5 fully saturated rings. The summed E-state index contributed by atoms with van der Waals surface area (Å²) in [5.74, 6) is -3.94. The van der Waals surface area contributed by atoms with Crippen molar-refractivity contribution in [3.63, 3.8) is 0 Å². The second-order valence-corrected chi connectivity index (χ2v) is 20.3. The first-order valence-corrected chi connectivity index (χ1v) is 24.1. The van der Waals surface area contributed by atoms with Crippen LogP contribution >= 0.6 is 11.6 Å². The van der Waals surface area contributed by atoms with Gasteiger partial charge in [-0.3, -0.25) is 24.4 Å². The molecule has 0 bridgehead atoms. The van der Waals surface area contributed by atoms with Crippen molar-refractivity contribution in [1.29, 1.82) is 0 Å². The SMILES string of the molecule is Cn1nc(C2CCC(=O)NC2=O)c2ccc(N3CCC(CN4CCC5(CC4)CCN(c4ncc(Cl)c(Nc6cc(F)c7c(c6)c6c(c(=O)n7C)OCC(F)(F)[C@H](C7CC7)N6)n4)CC5)CC3)cc21. The Bertz CT molecular complexity index is 2840. The number of hydrogen-bond acceptors (Lipinski definition) is 12. The highest BCUT2D eigenvalue weighted by Crippen LogP contribution is 2.47. The van der Waals surface area contributed by atoms with Gasteiger partial charge in [-0.2, -0.15) is 10.1 Å². The standard InChI is InChI=1S/C48H55ClF3N11O4/c1-59-40-33(39-41(45(59)66)67-26-48(51,52)42(56-39)28-3-4-28)21-29(22-35(40)50)54-43-34(49)24-53-46(57-43)63-19-13-47(14-20-63)11-17-61(18-12-47)25-27-9-15-62(16-10-27)30-5-6-31-36(23-30)60(2)58-38(31)32-7-8-37(64)55-44(32)65/h5-6,21-24,27-28,32,42,56H,3-4,7-20,25-26H2,1-2H3,(H,53,54,57)(H,55,64,65)/t32?,42-/m0/s1. The largest absolute Gasteiger partial charge is 0.480 e. The molecule has 1 unspecified atom stereocenters. The lowest BCUT2D eigenvalue weighted by molar-refractivity contribution is -0.134. The third-order valence-corrected chi connectivity index (χ3v) is 15.9. The number of nitrogens with one attached hydrogen (secondary N) is 3. The fourth-order valence-corrected chi connectivity index (χ4v) is 11.6. The van der Waals surface area contributed by atoms with E-state index in [0.29, 0.717) is 37.5 Å². The van der Waals surface area contributed by atoms with Crippen LogP contribution in [0.5, 0.6) is 5.75 Å². The Balaban J connectivity index is 0.694. The summed E-state index contributed by atoms with van der Waals surface area (Å²) in [4.78, 5) is 54.3. The van der Waals surface area contributed by atoms with Gasteiger partial charge in [0.2, 0.25) is 23.5 Å². The Morgan fingerprint density at radius 3 is 2.39 bits per heavy atom. The van der Waals surface area contributed by atoms with E-state index in [1.165, 1.54) is 25.0 Å². The van der Waals surface area contributed by atoms with Crippen LogP contribution < -0.4 is 36.0 Å². The van der Waals surface area contributed by atoms with Gasteiger partial charge in [-0.05, 0) is 118 Å². The third kappa shape index (κ3) is 8.20. The molecule has 2 amide bonds. The van der Waals surface area contributed by atoms with Crippen LogP contribution in [-0.4, -0.2) is 105 Å². The summed E-state index contributed by atoms with van der Waals surface area (Å²) < 4.78 is 54.7. The molecule has 1 aliphatic carbocycles. The predicted molar refractivity (Wildman–Crippen MR) is 250 cm³/mol. The molecule has 8 heterocycles. The molecule has 2 aromatic carbocycles. The summed E-state index contributed by atoms with van der Waals surface area (Å²) in [6, 6.07) is 8.01. The minimum Gasteiger partial charge on any atom is -0.480 e. The number of halogens is 4. The number of benzene rings is 2. The zero-order chi connectivity index (χ0) is 46.4. The average molecular weight is 942 g/mol. The molecule has 4 saturated heterocycles. The van der Waals surface area contributed by atoms with Crippen molar-refractivity contribution < 1.29 is 27.5 Å². The maximum atomic E-state index is 15.9. The average Bonchev–Trinajstić information content (AvgIpc) is 4.12. The lowest BCUT2D eigenvalue weighted by atomic mass is 9.71. The van der Waals surface area contributed by atoms with E-state index in [-0.39, 0.29) is 62.0 Å². The van der Waals surface area contributed by atoms with Crippen LogP contribution in [0.3, 0.4) is 0 Å². The number of aryl methyl sites for hydroxylation is 2. The van der Waals surface area contributed by atoms with E-state index in [1.54, 1.807) is 6.07 Å². The number of amides is 2. The highest BCUT2D eigenvalue weighted by molar-refractivity contribution is 6.33. The van der Waals surface area contributed by atoms with Crippen molar-refractivity contribution >= 4 is 74.0 Å². The van der Waals surface area contributed by atoms with Crippen molar-refractivity contribution in [2.75, 3.05) is 72.9 Å². The molecular formula is C48H55ClF3N11O4. The molecule has 2 atom stereocenters. The van der Waals surface area contributed by atoms with E-state index in [2.05, 4.69) is 53.8 Å². The summed E-state index contributed by atoms with van der Waals surface area (Å²) in [5.41, 5.74) is 2.77. The number of carbonyl (C=O) groups excluding carboxylic acids is 2. The maximum absolute atomic E-state index is 15.9. The summed E-state index contributed by atoms with van der Waals surface area (Å²) in [5, 5.41) is 14.7. The fourth-order valence-electron chi connectivity index (χ4n) is 11.4. The third-order valence-electron chi connectivity index (χ3n) is 15.6. The van der Waals surface area contributed by atoms with Gasteiger partial charge in [0.05, 0.1) is 40.6 Å². The first-order valence-electron chi connectivity index (χ1n) is 23.7. The van der Waals surface area contributed by atoms with Crippen molar-refractivity contribution in [3.8, 4) is 5.75 Å². The van der Waals surface area contributed by atoms with Crippen molar-refractivity contribution in [3.05, 3.63) is 63.4 Å². The van der Waals surface area contributed by atoms with Gasteiger partial charge in [-0.15, -0.1) is 0 Å². The summed E-state index contributed by atoms with van der Waals surface area (Å²) >= 11 is 6.62. The number of hydrogen-bond donors (Lipinski definition) is 3. The lowest BCUT2D eigenvalue weighted by Gasteiger charge is -2.47. The zero-order valence-corrected chi connectivity index (χ0v) is 38.5. The van der Waals surface area contributed by atoms with Crippen LogP contribution in [0, 0.1) is 23.1 Å². The van der Waals surface area contributed by atoms with E-state index in [9.17, 15) is 14.4 Å². The van der Waals surface area contributed by atoms with Gasteiger partial charge in [-0.25, -0.2) is 18.2 Å². The van der Waals surface area contributed by atoms with Gasteiger partial charge in [0.25, 0.3) is 5.56 Å². The molecule has 0 radical (unpaired) electrons. The second-order valence-electron chi connectivity index (χ2n) is 19.9. The predicted octanol–water partition coefficient (Wildman–Crippen LogP) is 7.09. The molecule has 5 aromatic rings. The molecule has 5 aliphatic heterocycles. The molecule has 354 valence electrons. The number of likely N-dealkylation sites (tertiary alicyclic amines) is 1. The maximum Gasteiger partial charge on any atom is 0.301 e. The summed E-state index contributed by atoms with van der Waals surface area (Å²) in [6.45, 7) is 5.92. The number of carbonyl (C=O) groups is 2. The van der Waals surface area contributed by atoms with E-state index >= 15 is 13.2 Å². The first kappa shape index (κ1) is 43.9. The number of rotatable bonds is 8. The van der Waals surface area contributed by atoms with Crippen LogP contribution in [0.2, 0.25) is 5.02 Å². The number of imide groups is 1. The minimum atomic E-state index is -3.22. The zero-order valence-electron chi connectivity index (χ0n) is 37.7. The summed E-state index contributed by atoms with van der Waals surface area (Å²) in [6.07, 6.45) is 10.2. The Hall–Kier alpha value is -5.62. The Morgan fingerprint density at radius 2 is 1.66 bits per heavy atom. The number of aromatic nitrogens is 5. The molecule has 1 spiro atoms. The number of anilines is 5. The normalized spacial score (nSPS) is 23.5. The monoisotopic (exact) mass is 941 g/mol. The van der Waals surface area contributed by atoms with Crippen molar-refractivity contribution in [2.24, 2.45) is 31.3 Å². The Kier molecular flexibility index (Phi) is 11.1. The first-order chi connectivity index (χ1) is 32.2. The Labute approximate surface area is 390 Å². The van der Waals surface area contributed by atoms with Crippen LogP contribution in [0.1, 0.15) is 75.8 Å². The molecule has 15 nitrogen and oxygen atoms in total. The molecule has 3 N–H and O–H groups in total. The van der Waals surface area contributed by atoms with Crippen LogP contribution in [0.4, 0.5) is 42.0 Å². The van der Waals surface area contributed by atoms with Gasteiger partial charge in [0.1, 0.15) is 10.8 Å². The molecule has 1 saturated carbocycles. The molecule has 11 rings (SSSR count). The number of ether oxygens (including phenoxy) is 1. The topological polar surface area (TPSA) is 155 Å². The molecule has 19 heteroatoms. The van der Waals surface area contributed by atoms with E-state index in [0.717, 1.165) is 106 Å². The Morgan fingerprint density at radius 1 is 0.910 bits per heavy atom. The number of nitrogens with zero attached hydrogens (tertiary/aromatic N) is 8. The molecule has 3 aromatic heterocycles. The quantitative estimate of drug-likeness (QED) is 0.136. The summed E-state index contributed by atoms with van der Waals surface area (Å²) in [7, 11) is 3.31. The minimum absolute atomic E-state index is 0.0317. The number of piperidine rings is 4. The van der Waals surface area contributed by atoms with Gasteiger partial charge in [-0.1, -0.05) is 11.6 Å². The molecular weight excluding hydrogens is 887 g/mol. The van der Waals surface area contributed by atoms with Gasteiger partial charge >= 0.3 is 5.92 Å². The second kappa shape index (κ2) is 16.9. The van der Waals surface area contributed by atoms with Crippen LogP contribution in [0.15, 0.2) is 41.3 Å². The smallest absolute Gasteiger partial charge is 0.301 e. The van der Waals surface area contributed by atoms with Crippen molar-refractivity contribution in [2.45, 2.75) is 82.1 Å². The van der Waals surface area contributed by atoms with Gasteiger partial charge in [0.15, 0.2) is 12.4 Å². The fraction of sp³-hybridized carbons (Fsp3) is 0.542. The van der Waals surface area contributed by atoms with E-state index in [1.807, 2.05) is 11.7 Å². The van der Waals surface area contributed by atoms with Gasteiger partial charge < -0.3 is 34.6 Å². The highest BCUT2D eigenvalue weighted by Gasteiger charge is 2.51. The van der Waals surface area contributed by atoms with Crippen LogP contribution in [0.25, 0.3) is 21.8 Å². The van der Waals surface area contributed by atoms with E-state index < -0.39 is 35.9 Å². The number of fused-ring (bicyclic) bond motifs is 4. The number of alkyl halides is 2. The molecule has 67 heavy (non-hydrogen) atoms. The van der Waals surface area contributed by atoms with E-state index in [4.69, 9.17) is 26.4 Å². The lowest BCUT2D eigenvalue weighted by Crippen LogP contribution is -2.48.